The van der Waals surface area contributed by atoms with Crippen LogP contribution < -0.4 is 30.4 Å². The largest absolute Gasteiger partial charge is 0.494 e. The Balaban J connectivity index is 1.78. The van der Waals surface area contributed by atoms with E-state index in [-0.39, 0.29) is 12.4 Å². The Morgan fingerprint density at radius 3 is 2.69 bits per heavy atom. The van der Waals surface area contributed by atoms with Gasteiger partial charge in [-0.2, -0.15) is 0 Å². The Kier molecular flexibility index (Phi) is 4.98. The number of halogens is 1. The van der Waals surface area contributed by atoms with Crippen molar-refractivity contribution in [2.75, 3.05) is 27.5 Å². The predicted octanol–water partition coefficient (Wildman–Crippen LogP) is 0.891. The monoisotopic (exact) mass is 502 g/mol. The lowest BCUT2D eigenvalue weighted by atomic mass is 9.87. The highest BCUT2D eigenvalue weighted by Crippen LogP contribution is 2.48. The van der Waals surface area contributed by atoms with Gasteiger partial charge in [0.1, 0.15) is 5.56 Å². The topological polar surface area (TPSA) is 107 Å². The van der Waals surface area contributed by atoms with Crippen LogP contribution in [-0.4, -0.2) is 42.2 Å². The second-order valence-corrected chi connectivity index (χ2v) is 8.72. The van der Waals surface area contributed by atoms with Crippen LogP contribution in [-0.2, 0) is 6.42 Å². The molecule has 2 aliphatic rings. The molecule has 32 heavy (non-hydrogen) atoms. The van der Waals surface area contributed by atoms with E-state index in [2.05, 4.69) is 20.9 Å². The summed E-state index contributed by atoms with van der Waals surface area (Å²) < 4.78 is 18.8. The zero-order valence-electron chi connectivity index (χ0n) is 17.4. The minimum atomic E-state index is -0.718. The molecule has 3 N–H and O–H groups in total. The van der Waals surface area contributed by atoms with E-state index in [4.69, 9.17) is 14.2 Å². The van der Waals surface area contributed by atoms with E-state index >= 15 is 0 Å². The summed E-state index contributed by atoms with van der Waals surface area (Å²) in [7, 11) is 3.47. The number of rotatable bonds is 3. The van der Waals surface area contributed by atoms with Crippen LogP contribution in [0.4, 0.5) is 0 Å². The molecule has 0 saturated heterocycles. The van der Waals surface area contributed by atoms with Gasteiger partial charge in [-0.1, -0.05) is 15.9 Å². The van der Waals surface area contributed by atoms with Crippen molar-refractivity contribution >= 4 is 15.9 Å². The lowest BCUT2D eigenvalue weighted by Gasteiger charge is -2.33. The third-order valence-electron chi connectivity index (χ3n) is 6.01. The van der Waals surface area contributed by atoms with Gasteiger partial charge in [-0.05, 0) is 35.9 Å². The molecule has 0 saturated carbocycles. The summed E-state index contributed by atoms with van der Waals surface area (Å²) in [5, 5.41) is 11.2. The Bertz CT molecular complexity index is 1330. The Hall–Kier alpha value is -3.24. The van der Waals surface area contributed by atoms with Crippen molar-refractivity contribution in [3.8, 4) is 28.8 Å². The molecule has 0 amide bonds. The molecule has 1 unspecified atom stereocenters. The minimum absolute atomic E-state index is 0.0855. The fourth-order valence-corrected chi connectivity index (χ4v) is 4.81. The van der Waals surface area contributed by atoms with E-state index in [0.29, 0.717) is 29.5 Å². The SMILES string of the molecule is COc1c2c(cc3c1[C@@H](c1c(O)n(-c4ccc(Br)cc4)c(=O)[nH]c1=O)[NH+](C)CC3)OCO2. The third-order valence-corrected chi connectivity index (χ3v) is 6.54. The van der Waals surface area contributed by atoms with E-state index < -0.39 is 23.2 Å². The van der Waals surface area contributed by atoms with Crippen molar-refractivity contribution < 1.29 is 24.2 Å². The van der Waals surface area contributed by atoms with Gasteiger partial charge in [0.25, 0.3) is 5.56 Å². The number of nitrogens with zero attached hydrogens (tertiary/aromatic N) is 1. The summed E-state index contributed by atoms with van der Waals surface area (Å²) >= 11 is 3.36. The number of aromatic amines is 1. The lowest BCUT2D eigenvalue weighted by Crippen LogP contribution is -3.10. The highest BCUT2D eigenvalue weighted by atomic mass is 79.9. The molecule has 0 fully saturated rings. The number of fused-ring (bicyclic) bond motifs is 2. The number of hydrogen-bond donors (Lipinski definition) is 3. The lowest BCUT2D eigenvalue weighted by molar-refractivity contribution is -0.908. The molecule has 9 nitrogen and oxygen atoms in total. The number of ether oxygens (including phenoxy) is 3. The van der Waals surface area contributed by atoms with Gasteiger partial charge in [0, 0.05) is 10.9 Å². The summed E-state index contributed by atoms with van der Waals surface area (Å²) in [6.45, 7) is 0.791. The van der Waals surface area contributed by atoms with Gasteiger partial charge in [-0.3, -0.25) is 9.78 Å². The van der Waals surface area contributed by atoms with Crippen molar-refractivity contribution in [3.63, 3.8) is 0 Å². The number of hydrogen-bond acceptors (Lipinski definition) is 6. The highest BCUT2D eigenvalue weighted by molar-refractivity contribution is 9.10. The molecule has 1 aromatic heterocycles. The number of nitrogens with one attached hydrogen (secondary N) is 2. The van der Waals surface area contributed by atoms with Crippen molar-refractivity contribution in [2.24, 2.45) is 0 Å². The number of H-pyrrole nitrogens is 1. The number of aromatic nitrogens is 2. The van der Waals surface area contributed by atoms with Crippen molar-refractivity contribution in [3.05, 3.63) is 72.3 Å². The quantitative estimate of drug-likeness (QED) is 0.491. The first-order valence-electron chi connectivity index (χ1n) is 10.1. The molecular formula is C22H21BrN3O6+. The third kappa shape index (κ3) is 3.09. The van der Waals surface area contributed by atoms with Gasteiger partial charge in [-0.15, -0.1) is 0 Å². The maximum atomic E-state index is 13.0. The summed E-state index contributed by atoms with van der Waals surface area (Å²) in [4.78, 5) is 29.0. The van der Waals surface area contributed by atoms with E-state index in [1.54, 1.807) is 24.3 Å². The fourth-order valence-electron chi connectivity index (χ4n) is 4.55. The van der Waals surface area contributed by atoms with Crippen LogP contribution in [0.1, 0.15) is 22.7 Å². The van der Waals surface area contributed by atoms with Crippen LogP contribution >= 0.6 is 15.9 Å². The number of quaternary nitrogens is 1. The van der Waals surface area contributed by atoms with Crippen LogP contribution in [0.25, 0.3) is 5.69 Å². The maximum absolute atomic E-state index is 13.0. The van der Waals surface area contributed by atoms with Crippen LogP contribution in [0.15, 0.2) is 44.4 Å². The van der Waals surface area contributed by atoms with Gasteiger partial charge in [0.05, 0.1) is 32.0 Å². The molecule has 3 heterocycles. The first-order valence-corrected chi connectivity index (χ1v) is 10.9. The average Bonchev–Trinajstić information content (AvgIpc) is 3.23. The van der Waals surface area contributed by atoms with Crippen LogP contribution in [0.3, 0.4) is 0 Å². The standard InChI is InChI=1S/C22H20BrN3O6/c1-25-8-7-11-9-14-18(32-10-31-14)19(30-2)15(11)17(25)16-20(27)24-22(29)26(21(16)28)13-5-3-12(23)4-6-13/h3-6,9,17,28H,7-8,10H2,1-2H3,(H,24,27,29)/p+1/t17-/m0/s1. The number of benzene rings is 2. The van der Waals surface area contributed by atoms with Crippen LogP contribution in [0.2, 0.25) is 0 Å². The zero-order chi connectivity index (χ0) is 22.6. The summed E-state index contributed by atoms with van der Waals surface area (Å²) in [5.41, 5.74) is 0.842. The first kappa shape index (κ1) is 20.7. The zero-order valence-corrected chi connectivity index (χ0v) is 19.0. The van der Waals surface area contributed by atoms with Crippen molar-refractivity contribution in [1.82, 2.24) is 9.55 Å². The fraction of sp³-hybridized carbons (Fsp3) is 0.273. The highest BCUT2D eigenvalue weighted by Gasteiger charge is 2.41. The van der Waals surface area contributed by atoms with Gasteiger partial charge in [-0.25, -0.2) is 9.36 Å². The van der Waals surface area contributed by atoms with Crippen LogP contribution in [0, 0.1) is 0 Å². The molecular weight excluding hydrogens is 482 g/mol. The van der Waals surface area contributed by atoms with Crippen molar-refractivity contribution in [1.29, 1.82) is 0 Å². The predicted molar refractivity (Wildman–Crippen MR) is 118 cm³/mol. The minimum Gasteiger partial charge on any atom is -0.494 e. The Morgan fingerprint density at radius 2 is 1.97 bits per heavy atom. The first-order chi connectivity index (χ1) is 15.4. The van der Waals surface area contributed by atoms with E-state index in [0.717, 1.165) is 31.5 Å². The average molecular weight is 503 g/mol. The van der Waals surface area contributed by atoms with Crippen LogP contribution in [0.5, 0.6) is 23.1 Å². The summed E-state index contributed by atoms with van der Waals surface area (Å²) in [6, 6.07) is 8.17. The van der Waals surface area contributed by atoms with Gasteiger partial charge in [0.2, 0.25) is 18.4 Å². The van der Waals surface area contributed by atoms with Gasteiger partial charge < -0.3 is 24.2 Å². The van der Waals surface area contributed by atoms with E-state index in [9.17, 15) is 14.7 Å². The molecule has 0 spiro atoms. The molecule has 10 heteroatoms. The molecule has 166 valence electrons. The molecule has 3 aromatic rings. The second-order valence-electron chi connectivity index (χ2n) is 7.80. The molecule has 2 aliphatic heterocycles. The smallest absolute Gasteiger partial charge is 0.335 e. The number of likely N-dealkylation sites (N-methyl/N-ethyl adjacent to an activating group) is 1. The van der Waals surface area contributed by atoms with E-state index in [1.807, 2.05) is 13.1 Å². The number of methoxy groups -OCH3 is 1. The van der Waals surface area contributed by atoms with Gasteiger partial charge >= 0.3 is 5.69 Å². The summed E-state index contributed by atoms with van der Waals surface area (Å²) in [5.74, 6) is 1.14. The van der Waals surface area contributed by atoms with Gasteiger partial charge in [0.15, 0.2) is 17.5 Å². The molecule has 5 rings (SSSR count). The maximum Gasteiger partial charge on any atom is 0.335 e. The number of aromatic hydroxyl groups is 1. The molecule has 0 aliphatic carbocycles. The molecule has 2 aromatic carbocycles. The normalized spacial score (nSPS) is 19.0. The second kappa shape index (κ2) is 7.72. The Morgan fingerprint density at radius 1 is 1.22 bits per heavy atom. The van der Waals surface area contributed by atoms with E-state index in [1.165, 1.54) is 7.11 Å². The Labute approximate surface area is 190 Å². The molecule has 0 bridgehead atoms. The summed E-state index contributed by atoms with van der Waals surface area (Å²) in [6.07, 6.45) is 0.732. The molecule has 2 atom stereocenters. The molecule has 0 radical (unpaired) electrons. The van der Waals surface area contributed by atoms with Crippen molar-refractivity contribution in [2.45, 2.75) is 12.5 Å².